The van der Waals surface area contributed by atoms with Crippen molar-refractivity contribution in [3.8, 4) is 16.9 Å². The molecule has 8 heteroatoms. The second-order valence-corrected chi connectivity index (χ2v) is 8.94. The lowest BCUT2D eigenvalue weighted by Crippen LogP contribution is -2.40. The molecule has 2 aliphatic rings. The van der Waals surface area contributed by atoms with Gasteiger partial charge in [0.15, 0.2) is 0 Å². The molecular formula is C27H29N5O3. The molecule has 0 saturated carbocycles. The van der Waals surface area contributed by atoms with Crippen LogP contribution in [0.2, 0.25) is 0 Å². The van der Waals surface area contributed by atoms with E-state index in [1.807, 2.05) is 42.5 Å². The number of benzene rings is 2. The van der Waals surface area contributed by atoms with Gasteiger partial charge in [-0.3, -0.25) is 9.69 Å². The van der Waals surface area contributed by atoms with Crippen molar-refractivity contribution in [3.05, 3.63) is 60.4 Å². The number of nitrogens with zero attached hydrogens (tertiary/aromatic N) is 4. The van der Waals surface area contributed by atoms with Crippen molar-refractivity contribution in [2.24, 2.45) is 5.92 Å². The zero-order valence-electron chi connectivity index (χ0n) is 20.0. The molecule has 0 bridgehead atoms. The lowest BCUT2D eigenvalue weighted by Gasteiger charge is -2.30. The van der Waals surface area contributed by atoms with Gasteiger partial charge >= 0.3 is 6.03 Å². The largest absolute Gasteiger partial charge is 0.490 e. The average Bonchev–Trinajstić information content (AvgIpc) is 3.39. The number of amides is 2. The molecule has 180 valence electrons. The average molecular weight is 472 g/mol. The number of Topliss-reactive ketones (excluding diaryl/α,β-unsaturated/α-hetero) is 1. The van der Waals surface area contributed by atoms with Gasteiger partial charge in [-0.25, -0.2) is 14.8 Å². The highest BCUT2D eigenvalue weighted by molar-refractivity contribution is 6.03. The van der Waals surface area contributed by atoms with E-state index < -0.39 is 0 Å². The number of urea groups is 1. The Balaban J connectivity index is 1.32. The summed E-state index contributed by atoms with van der Waals surface area (Å²) in [7, 11) is 0. The van der Waals surface area contributed by atoms with Crippen LogP contribution < -0.4 is 19.9 Å². The summed E-state index contributed by atoms with van der Waals surface area (Å²) < 4.78 is 5.90. The third-order valence-electron chi connectivity index (χ3n) is 6.73. The van der Waals surface area contributed by atoms with Crippen LogP contribution in [-0.4, -0.2) is 48.0 Å². The van der Waals surface area contributed by atoms with Crippen molar-refractivity contribution in [3.63, 3.8) is 0 Å². The maximum atomic E-state index is 13.1. The molecule has 2 aromatic carbocycles. The number of nitrogens with one attached hydrogen (secondary N) is 1. The molecule has 0 radical (unpaired) electrons. The van der Waals surface area contributed by atoms with Crippen LogP contribution in [0.3, 0.4) is 0 Å². The number of carbonyl (C=O) groups is 2. The summed E-state index contributed by atoms with van der Waals surface area (Å²) in [6.07, 6.45) is 5.27. The lowest BCUT2D eigenvalue weighted by molar-refractivity contribution is -0.120. The van der Waals surface area contributed by atoms with Crippen LogP contribution in [0, 0.1) is 5.92 Å². The van der Waals surface area contributed by atoms with Crippen LogP contribution >= 0.6 is 0 Å². The molecule has 1 atom stereocenters. The van der Waals surface area contributed by atoms with Gasteiger partial charge in [-0.1, -0.05) is 31.2 Å². The lowest BCUT2D eigenvalue weighted by atomic mass is 10.1. The number of hydrogen-bond acceptors (Lipinski definition) is 6. The van der Waals surface area contributed by atoms with E-state index in [1.54, 1.807) is 24.2 Å². The third-order valence-corrected chi connectivity index (χ3v) is 6.73. The van der Waals surface area contributed by atoms with Gasteiger partial charge in [0.1, 0.15) is 18.1 Å². The number of aryl methyl sites for hydroxylation is 1. The summed E-state index contributed by atoms with van der Waals surface area (Å²) >= 11 is 0. The summed E-state index contributed by atoms with van der Waals surface area (Å²) in [6, 6.07) is 13.5. The van der Waals surface area contributed by atoms with Gasteiger partial charge in [0.25, 0.3) is 0 Å². The molecule has 35 heavy (non-hydrogen) atoms. The third kappa shape index (κ3) is 4.69. The highest BCUT2D eigenvalue weighted by atomic mass is 16.5. The molecular weight excluding hydrogens is 442 g/mol. The Hall–Kier alpha value is -3.94. The van der Waals surface area contributed by atoms with E-state index in [4.69, 9.17) is 4.74 Å². The second kappa shape index (κ2) is 9.74. The first-order valence-corrected chi connectivity index (χ1v) is 12.0. The Morgan fingerprint density at radius 2 is 1.89 bits per heavy atom. The number of aromatic nitrogens is 2. The highest BCUT2D eigenvalue weighted by Crippen LogP contribution is 2.36. The van der Waals surface area contributed by atoms with E-state index in [0.717, 1.165) is 47.5 Å². The molecule has 1 unspecified atom stereocenters. The minimum Gasteiger partial charge on any atom is -0.490 e. The van der Waals surface area contributed by atoms with Crippen LogP contribution in [0.25, 0.3) is 11.1 Å². The van der Waals surface area contributed by atoms with Crippen LogP contribution in [0.15, 0.2) is 54.9 Å². The summed E-state index contributed by atoms with van der Waals surface area (Å²) in [4.78, 5) is 37.6. The molecule has 2 amide bonds. The predicted octanol–water partition coefficient (Wildman–Crippen LogP) is 4.55. The van der Waals surface area contributed by atoms with E-state index >= 15 is 0 Å². The normalized spacial score (nSPS) is 17.0. The molecule has 0 spiro atoms. The number of ketones is 1. The first kappa shape index (κ1) is 22.8. The minimum absolute atomic E-state index is 0.0617. The highest BCUT2D eigenvalue weighted by Gasteiger charge is 2.28. The van der Waals surface area contributed by atoms with Crippen molar-refractivity contribution in [1.29, 1.82) is 0 Å². The van der Waals surface area contributed by atoms with E-state index in [-0.39, 0.29) is 17.7 Å². The SMILES string of the molecule is CCc1ccccc1NC(=O)N1CCOc2cc(-c3cnc(N4CCC(C(C)=O)C4)nc3)ccc21. The fraction of sp³-hybridized carbons (Fsp3) is 0.333. The number of hydrogen-bond donors (Lipinski definition) is 1. The van der Waals surface area contributed by atoms with Gasteiger partial charge < -0.3 is 15.0 Å². The van der Waals surface area contributed by atoms with Gasteiger partial charge in [-0.2, -0.15) is 0 Å². The van der Waals surface area contributed by atoms with E-state index in [1.165, 1.54) is 0 Å². The Labute approximate surface area is 204 Å². The fourth-order valence-corrected chi connectivity index (χ4v) is 4.65. The van der Waals surface area contributed by atoms with Crippen LogP contribution in [0.5, 0.6) is 5.75 Å². The molecule has 8 nitrogen and oxygen atoms in total. The molecule has 0 aliphatic carbocycles. The van der Waals surface area contributed by atoms with Crippen molar-refractivity contribution in [2.75, 3.05) is 41.4 Å². The summed E-state index contributed by atoms with van der Waals surface area (Å²) in [6.45, 7) is 6.06. The second-order valence-electron chi connectivity index (χ2n) is 8.94. The van der Waals surface area contributed by atoms with E-state index in [2.05, 4.69) is 27.1 Å². The van der Waals surface area contributed by atoms with Gasteiger partial charge in [-0.05, 0) is 49.1 Å². The van der Waals surface area contributed by atoms with Crippen molar-refractivity contribution < 1.29 is 14.3 Å². The van der Waals surface area contributed by atoms with Crippen LogP contribution in [-0.2, 0) is 11.2 Å². The molecule has 3 aromatic rings. The molecule has 1 fully saturated rings. The van der Waals surface area contributed by atoms with E-state index in [0.29, 0.717) is 31.4 Å². The van der Waals surface area contributed by atoms with Crippen LogP contribution in [0.4, 0.5) is 22.1 Å². The molecule has 1 aromatic heterocycles. The van der Waals surface area contributed by atoms with Gasteiger partial charge in [-0.15, -0.1) is 0 Å². The fourth-order valence-electron chi connectivity index (χ4n) is 4.65. The molecule has 5 rings (SSSR count). The van der Waals surface area contributed by atoms with Gasteiger partial charge in [0, 0.05) is 42.7 Å². The van der Waals surface area contributed by atoms with E-state index in [9.17, 15) is 9.59 Å². The first-order valence-electron chi connectivity index (χ1n) is 12.0. The molecule has 2 aliphatic heterocycles. The number of rotatable bonds is 5. The Kier molecular flexibility index (Phi) is 6.35. The van der Waals surface area contributed by atoms with Crippen molar-refractivity contribution in [1.82, 2.24) is 9.97 Å². The zero-order valence-corrected chi connectivity index (χ0v) is 20.0. The quantitative estimate of drug-likeness (QED) is 0.587. The number of anilines is 3. The summed E-state index contributed by atoms with van der Waals surface area (Å²) in [5.41, 5.74) is 4.43. The van der Waals surface area contributed by atoms with Gasteiger partial charge in [0.05, 0.1) is 12.2 Å². The minimum atomic E-state index is -0.176. The number of carbonyl (C=O) groups excluding carboxylic acids is 2. The smallest absolute Gasteiger partial charge is 0.326 e. The monoisotopic (exact) mass is 471 g/mol. The standard InChI is InChI=1S/C27H29N5O3/c1-3-19-6-4-5-7-23(19)30-27(34)32-12-13-35-25-14-20(8-9-24(25)32)22-15-28-26(29-16-22)31-11-10-21(17-31)18(2)33/h4-9,14-16,21H,3,10-13,17H2,1-2H3,(H,30,34). The number of para-hydroxylation sites is 1. The topological polar surface area (TPSA) is 87.7 Å². The Bertz CT molecular complexity index is 1240. The maximum absolute atomic E-state index is 13.1. The van der Waals surface area contributed by atoms with Crippen LogP contribution in [0.1, 0.15) is 25.8 Å². The van der Waals surface area contributed by atoms with Crippen molar-refractivity contribution >= 4 is 29.1 Å². The molecule has 3 heterocycles. The zero-order chi connectivity index (χ0) is 24.4. The molecule has 1 N–H and O–H groups in total. The van der Waals surface area contributed by atoms with Gasteiger partial charge in [0.2, 0.25) is 5.95 Å². The Morgan fingerprint density at radius 3 is 2.63 bits per heavy atom. The number of fused-ring (bicyclic) bond motifs is 1. The first-order chi connectivity index (χ1) is 17.0. The van der Waals surface area contributed by atoms with Crippen molar-refractivity contribution in [2.45, 2.75) is 26.7 Å². The Morgan fingerprint density at radius 1 is 1.09 bits per heavy atom. The molecule has 1 saturated heterocycles. The maximum Gasteiger partial charge on any atom is 0.326 e. The summed E-state index contributed by atoms with van der Waals surface area (Å²) in [5.74, 6) is 1.57. The number of ether oxygens (including phenoxy) is 1. The summed E-state index contributed by atoms with van der Waals surface area (Å²) in [5, 5.41) is 3.05. The predicted molar refractivity (Wildman–Crippen MR) is 136 cm³/mol.